The van der Waals surface area contributed by atoms with Gasteiger partial charge in [0, 0.05) is 19.3 Å². The summed E-state index contributed by atoms with van der Waals surface area (Å²) in [5.41, 5.74) is 2.07. The first-order valence-corrected chi connectivity index (χ1v) is 8.65. The van der Waals surface area contributed by atoms with Crippen LogP contribution in [0.2, 0.25) is 0 Å². The van der Waals surface area contributed by atoms with Crippen molar-refractivity contribution in [3.05, 3.63) is 30.0 Å². The smallest absolute Gasteiger partial charge is 0.228 e. The number of morpholine rings is 1. The maximum Gasteiger partial charge on any atom is 0.228 e. The quantitative estimate of drug-likeness (QED) is 0.863. The highest BCUT2D eigenvalue weighted by molar-refractivity contribution is 5.98. The highest BCUT2D eigenvalue weighted by atomic mass is 16.5. The van der Waals surface area contributed by atoms with Crippen LogP contribution in [0.4, 0.5) is 11.5 Å². The molecule has 0 radical (unpaired) electrons. The summed E-state index contributed by atoms with van der Waals surface area (Å²) in [6.07, 6.45) is 3.99. The van der Waals surface area contributed by atoms with Gasteiger partial charge in [-0.25, -0.2) is 4.98 Å². The average Bonchev–Trinajstić information content (AvgIpc) is 3.08. The number of nitrogens with one attached hydrogen (secondary N) is 1. The van der Waals surface area contributed by atoms with Crippen LogP contribution < -0.4 is 10.2 Å². The summed E-state index contributed by atoms with van der Waals surface area (Å²) < 4.78 is 5.41. The van der Waals surface area contributed by atoms with Crippen LogP contribution in [-0.4, -0.2) is 37.2 Å². The Bertz CT molecular complexity index is 644. The first kappa shape index (κ1) is 17.0. The molecule has 1 N–H and O–H groups in total. The second-order valence-electron chi connectivity index (χ2n) is 7.53. The van der Waals surface area contributed by atoms with Crippen molar-refractivity contribution in [3.8, 4) is 0 Å². The summed E-state index contributed by atoms with van der Waals surface area (Å²) in [6.45, 7) is 11.5. The number of pyridine rings is 1. The van der Waals surface area contributed by atoms with Gasteiger partial charge in [-0.2, -0.15) is 0 Å². The highest BCUT2D eigenvalue weighted by Crippen LogP contribution is 2.59. The van der Waals surface area contributed by atoms with Crippen molar-refractivity contribution in [2.24, 2.45) is 17.3 Å². The van der Waals surface area contributed by atoms with E-state index in [4.69, 9.17) is 4.74 Å². The fourth-order valence-corrected chi connectivity index (χ4v) is 3.58. The van der Waals surface area contributed by atoms with Crippen LogP contribution in [0.5, 0.6) is 0 Å². The number of aromatic nitrogens is 1. The lowest BCUT2D eigenvalue weighted by Crippen LogP contribution is -2.37. The van der Waals surface area contributed by atoms with Crippen molar-refractivity contribution >= 4 is 17.4 Å². The molecule has 0 aromatic carbocycles. The molecule has 2 heterocycles. The molecule has 0 unspecified atom stereocenters. The number of rotatable bonds is 4. The van der Waals surface area contributed by atoms with Crippen LogP contribution in [0.3, 0.4) is 0 Å². The second-order valence-corrected chi connectivity index (χ2v) is 7.53. The van der Waals surface area contributed by atoms with Crippen molar-refractivity contribution < 1.29 is 9.53 Å². The summed E-state index contributed by atoms with van der Waals surface area (Å²) in [4.78, 5) is 19.5. The number of hydrogen-bond acceptors (Lipinski definition) is 4. The molecule has 24 heavy (non-hydrogen) atoms. The van der Waals surface area contributed by atoms with E-state index in [2.05, 4.69) is 49.0 Å². The Morgan fingerprint density at radius 1 is 1.38 bits per heavy atom. The van der Waals surface area contributed by atoms with Gasteiger partial charge in [-0.15, -0.1) is 0 Å². The number of anilines is 2. The SMILES string of the molecule is CC(C)=C[C@@H]1[C@@H](C(=O)Nc2cccnc2N2CCOCC2)C1(C)C. The predicted octanol–water partition coefficient (Wildman–Crippen LogP) is 3.10. The molecule has 5 nitrogen and oxygen atoms in total. The number of amides is 1. The number of allylic oxidation sites excluding steroid dienone is 2. The van der Waals surface area contributed by atoms with E-state index < -0.39 is 0 Å². The minimum atomic E-state index is 0.0166. The minimum absolute atomic E-state index is 0.0166. The van der Waals surface area contributed by atoms with E-state index in [1.165, 1.54) is 5.57 Å². The van der Waals surface area contributed by atoms with Crippen LogP contribution in [0.25, 0.3) is 0 Å². The second kappa shape index (κ2) is 6.55. The molecule has 1 saturated carbocycles. The maximum absolute atomic E-state index is 12.8. The lowest BCUT2D eigenvalue weighted by molar-refractivity contribution is -0.118. The Hall–Kier alpha value is -1.88. The van der Waals surface area contributed by atoms with E-state index in [1.54, 1.807) is 6.20 Å². The van der Waals surface area contributed by atoms with E-state index >= 15 is 0 Å². The summed E-state index contributed by atoms with van der Waals surface area (Å²) in [5.74, 6) is 1.26. The van der Waals surface area contributed by atoms with Gasteiger partial charge in [0.25, 0.3) is 0 Å². The molecule has 2 aliphatic rings. The van der Waals surface area contributed by atoms with Gasteiger partial charge >= 0.3 is 0 Å². The first-order valence-electron chi connectivity index (χ1n) is 8.65. The van der Waals surface area contributed by atoms with E-state index in [0.29, 0.717) is 19.1 Å². The Labute approximate surface area is 144 Å². The van der Waals surface area contributed by atoms with Crippen molar-refractivity contribution in [3.63, 3.8) is 0 Å². The molecule has 3 rings (SSSR count). The molecule has 1 aliphatic heterocycles. The Morgan fingerprint density at radius 2 is 2.08 bits per heavy atom. The fraction of sp³-hybridized carbons (Fsp3) is 0.579. The molecule has 1 saturated heterocycles. The van der Waals surface area contributed by atoms with Crippen LogP contribution in [0.15, 0.2) is 30.0 Å². The monoisotopic (exact) mass is 329 g/mol. The van der Waals surface area contributed by atoms with Gasteiger partial charge in [-0.05, 0) is 37.3 Å². The van der Waals surface area contributed by atoms with E-state index in [-0.39, 0.29) is 17.2 Å². The topological polar surface area (TPSA) is 54.5 Å². The summed E-state index contributed by atoms with van der Waals surface area (Å²) in [7, 11) is 0. The lowest BCUT2D eigenvalue weighted by atomic mass is 10.1. The maximum atomic E-state index is 12.8. The number of nitrogens with zero attached hydrogens (tertiary/aromatic N) is 2. The molecule has 2 atom stereocenters. The van der Waals surface area contributed by atoms with Gasteiger partial charge in [0.2, 0.25) is 5.91 Å². The highest BCUT2D eigenvalue weighted by Gasteiger charge is 2.60. The van der Waals surface area contributed by atoms with Crippen molar-refractivity contribution in [1.82, 2.24) is 4.98 Å². The number of carbonyl (C=O) groups excluding carboxylic acids is 1. The molecule has 5 heteroatoms. The van der Waals surface area contributed by atoms with Crippen LogP contribution >= 0.6 is 0 Å². The Morgan fingerprint density at radius 3 is 2.75 bits per heavy atom. The normalized spacial score (nSPS) is 25.1. The third-order valence-electron chi connectivity index (χ3n) is 5.06. The van der Waals surface area contributed by atoms with Crippen molar-refractivity contribution in [2.75, 3.05) is 36.5 Å². The van der Waals surface area contributed by atoms with Crippen LogP contribution in [0.1, 0.15) is 27.7 Å². The molecule has 2 fully saturated rings. The standard InChI is InChI=1S/C19H27N3O2/c1-13(2)12-14-16(19(14,3)4)18(23)21-15-6-5-7-20-17(15)22-8-10-24-11-9-22/h5-7,12,14,16H,8-11H2,1-4H3,(H,21,23)/t14-,16+/m1/s1. The Kier molecular flexibility index (Phi) is 4.63. The van der Waals surface area contributed by atoms with Crippen molar-refractivity contribution in [1.29, 1.82) is 0 Å². The lowest BCUT2D eigenvalue weighted by Gasteiger charge is -2.29. The van der Waals surface area contributed by atoms with Gasteiger partial charge in [-0.1, -0.05) is 25.5 Å². The average molecular weight is 329 g/mol. The van der Waals surface area contributed by atoms with Gasteiger partial charge in [0.1, 0.15) is 0 Å². The zero-order valence-corrected chi connectivity index (χ0v) is 15.0. The zero-order valence-electron chi connectivity index (χ0n) is 15.0. The number of hydrogen-bond donors (Lipinski definition) is 1. The van der Waals surface area contributed by atoms with Gasteiger partial charge in [0.05, 0.1) is 24.8 Å². The predicted molar refractivity (Wildman–Crippen MR) is 96.1 cm³/mol. The van der Waals surface area contributed by atoms with Gasteiger partial charge in [0.15, 0.2) is 5.82 Å². The summed E-state index contributed by atoms with van der Waals surface area (Å²) in [6, 6.07) is 3.80. The van der Waals surface area contributed by atoms with Crippen LogP contribution in [-0.2, 0) is 9.53 Å². The molecular formula is C19H27N3O2. The molecule has 0 bridgehead atoms. The molecular weight excluding hydrogens is 302 g/mol. The zero-order chi connectivity index (χ0) is 17.3. The van der Waals surface area contributed by atoms with Crippen LogP contribution in [0, 0.1) is 17.3 Å². The molecule has 130 valence electrons. The molecule has 1 aliphatic carbocycles. The summed E-state index contributed by atoms with van der Waals surface area (Å²) in [5, 5.41) is 3.12. The number of ether oxygens (including phenoxy) is 1. The van der Waals surface area contributed by atoms with E-state index in [0.717, 1.165) is 24.6 Å². The van der Waals surface area contributed by atoms with Crippen molar-refractivity contribution in [2.45, 2.75) is 27.7 Å². The van der Waals surface area contributed by atoms with E-state index in [9.17, 15) is 4.79 Å². The van der Waals surface area contributed by atoms with E-state index in [1.807, 2.05) is 12.1 Å². The third kappa shape index (κ3) is 3.31. The molecule has 1 aromatic heterocycles. The largest absolute Gasteiger partial charge is 0.378 e. The molecule has 1 amide bonds. The number of carbonyl (C=O) groups is 1. The van der Waals surface area contributed by atoms with Gasteiger partial charge in [-0.3, -0.25) is 4.79 Å². The third-order valence-corrected chi connectivity index (χ3v) is 5.06. The summed E-state index contributed by atoms with van der Waals surface area (Å²) >= 11 is 0. The minimum Gasteiger partial charge on any atom is -0.378 e. The fourth-order valence-electron chi connectivity index (χ4n) is 3.58. The molecule has 0 spiro atoms. The first-order chi connectivity index (χ1) is 11.4. The van der Waals surface area contributed by atoms with Gasteiger partial charge < -0.3 is 15.0 Å². The molecule has 1 aromatic rings. The Balaban J connectivity index is 1.75.